The van der Waals surface area contributed by atoms with Gasteiger partial charge < -0.3 is 15.0 Å². The number of nitrogens with zero attached hydrogens (tertiary/aromatic N) is 2. The normalized spacial score (nSPS) is 11.3. The van der Waals surface area contributed by atoms with E-state index in [-0.39, 0.29) is 11.4 Å². The molecule has 7 nitrogen and oxygen atoms in total. The molecule has 0 aliphatic carbocycles. The summed E-state index contributed by atoms with van der Waals surface area (Å²) in [5, 5.41) is 5.70. The predicted octanol–water partition coefficient (Wildman–Crippen LogP) is 1.96. The number of anilines is 1. The first-order valence-corrected chi connectivity index (χ1v) is 6.39. The number of ether oxygens (including phenoxy) is 1. The molecule has 0 saturated heterocycles. The van der Waals surface area contributed by atoms with Crippen LogP contribution in [0.25, 0.3) is 0 Å². The smallest absolute Gasteiger partial charge is 0.435 e. The number of hydrogen-bond donors (Lipinski definition) is 2. The van der Waals surface area contributed by atoms with E-state index < -0.39 is 30.3 Å². The minimum absolute atomic E-state index is 0.0507. The highest BCUT2D eigenvalue weighted by atomic mass is 19.4. The molecule has 0 atom stereocenters. The van der Waals surface area contributed by atoms with Gasteiger partial charge in [-0.05, 0) is 19.1 Å². The van der Waals surface area contributed by atoms with Crippen LogP contribution in [0.1, 0.15) is 21.9 Å². The highest BCUT2D eigenvalue weighted by Crippen LogP contribution is 2.27. The molecule has 0 aliphatic heterocycles. The van der Waals surface area contributed by atoms with Gasteiger partial charge in [0, 0.05) is 11.9 Å². The summed E-state index contributed by atoms with van der Waals surface area (Å²) in [6, 6.07) is 2.28. The number of nitrogens with one attached hydrogen (secondary N) is 2. The molecule has 0 spiro atoms. The van der Waals surface area contributed by atoms with Crippen LogP contribution in [0.5, 0.6) is 0 Å². The van der Waals surface area contributed by atoms with Crippen LogP contribution in [0.2, 0.25) is 0 Å². The predicted molar refractivity (Wildman–Crippen MR) is 72.7 cm³/mol. The molecule has 1 amide bonds. The zero-order valence-electron chi connectivity index (χ0n) is 12.2. The maximum Gasteiger partial charge on any atom is 0.435 e. The lowest BCUT2D eigenvalue weighted by atomic mass is 10.3. The molecule has 0 saturated carbocycles. The summed E-state index contributed by atoms with van der Waals surface area (Å²) in [5.41, 5.74) is -0.241. The van der Waals surface area contributed by atoms with Crippen LogP contribution < -0.4 is 5.32 Å². The molecule has 124 valence electrons. The van der Waals surface area contributed by atoms with Crippen LogP contribution in [-0.4, -0.2) is 33.8 Å². The Morgan fingerprint density at radius 1 is 1.43 bits per heavy atom. The monoisotopic (exact) mass is 330 g/mol. The van der Waals surface area contributed by atoms with E-state index in [2.05, 4.69) is 20.1 Å². The van der Waals surface area contributed by atoms with Crippen LogP contribution in [0, 0.1) is 6.92 Å². The summed E-state index contributed by atoms with van der Waals surface area (Å²) in [6.07, 6.45) is -3.52. The summed E-state index contributed by atoms with van der Waals surface area (Å²) >= 11 is 0. The molecule has 23 heavy (non-hydrogen) atoms. The van der Waals surface area contributed by atoms with Crippen molar-refractivity contribution >= 4 is 17.6 Å². The molecule has 2 aromatic heterocycles. The van der Waals surface area contributed by atoms with Crippen molar-refractivity contribution in [1.82, 2.24) is 14.8 Å². The zero-order chi connectivity index (χ0) is 17.2. The molecule has 10 heteroatoms. The molecule has 0 aromatic carbocycles. The van der Waals surface area contributed by atoms with Crippen LogP contribution in [0.4, 0.5) is 18.9 Å². The third-order valence-corrected chi connectivity index (χ3v) is 2.85. The average molecular weight is 330 g/mol. The van der Waals surface area contributed by atoms with Crippen molar-refractivity contribution in [2.45, 2.75) is 19.6 Å². The average Bonchev–Trinajstić information content (AvgIpc) is 3.04. The lowest BCUT2D eigenvalue weighted by Crippen LogP contribution is -2.21. The number of amides is 1. The van der Waals surface area contributed by atoms with Crippen molar-refractivity contribution < 1.29 is 27.5 Å². The molecule has 0 bridgehead atoms. The van der Waals surface area contributed by atoms with E-state index in [0.717, 1.165) is 16.9 Å². The summed E-state index contributed by atoms with van der Waals surface area (Å²) in [7, 11) is 1.19. The molecule has 0 fully saturated rings. The second-order valence-electron chi connectivity index (χ2n) is 4.68. The van der Waals surface area contributed by atoms with Crippen molar-refractivity contribution in [2.24, 2.45) is 0 Å². The number of halogens is 3. The van der Waals surface area contributed by atoms with Gasteiger partial charge in [-0.1, -0.05) is 0 Å². The number of methoxy groups -OCH3 is 1. The number of hydrogen-bond acceptors (Lipinski definition) is 4. The standard InChI is InChI=1S/C13H13F3N4O3/c1-7-5-8(11(17-7)12(22)23-2)18-10(21)6-20-4-3-9(19-20)13(14,15)16/h3-5,17H,6H2,1-2H3,(H,18,21). The second-order valence-corrected chi connectivity index (χ2v) is 4.68. The Kier molecular flexibility index (Phi) is 4.43. The van der Waals surface area contributed by atoms with Gasteiger partial charge >= 0.3 is 12.1 Å². The van der Waals surface area contributed by atoms with Gasteiger partial charge in [0.05, 0.1) is 12.8 Å². The maximum atomic E-state index is 12.4. The number of carbonyl (C=O) groups excluding carboxylic acids is 2. The summed E-state index contributed by atoms with van der Waals surface area (Å²) in [4.78, 5) is 26.2. The highest BCUT2D eigenvalue weighted by molar-refractivity contribution is 6.00. The van der Waals surface area contributed by atoms with Crippen molar-refractivity contribution in [3.05, 3.63) is 35.4 Å². The fourth-order valence-corrected chi connectivity index (χ4v) is 1.89. The Hall–Kier alpha value is -2.78. The number of carbonyl (C=O) groups is 2. The third kappa shape index (κ3) is 3.90. The molecule has 2 aromatic rings. The molecule has 0 unspecified atom stereocenters. The minimum atomic E-state index is -4.57. The van der Waals surface area contributed by atoms with E-state index in [4.69, 9.17) is 0 Å². The van der Waals surface area contributed by atoms with Crippen molar-refractivity contribution in [3.8, 4) is 0 Å². The maximum absolute atomic E-state index is 12.4. The Bertz CT molecular complexity index is 733. The number of alkyl halides is 3. The van der Waals surface area contributed by atoms with Gasteiger partial charge in [0.25, 0.3) is 0 Å². The summed E-state index contributed by atoms with van der Waals surface area (Å²) < 4.78 is 42.7. The van der Waals surface area contributed by atoms with E-state index in [1.165, 1.54) is 13.2 Å². The van der Waals surface area contributed by atoms with Crippen LogP contribution in [-0.2, 0) is 22.3 Å². The van der Waals surface area contributed by atoms with Gasteiger partial charge in [0.1, 0.15) is 12.2 Å². The Morgan fingerprint density at radius 3 is 2.70 bits per heavy atom. The van der Waals surface area contributed by atoms with Gasteiger partial charge in [0.15, 0.2) is 5.69 Å². The summed E-state index contributed by atoms with van der Waals surface area (Å²) in [5.74, 6) is -1.31. The molecule has 0 radical (unpaired) electrons. The Morgan fingerprint density at radius 2 is 2.13 bits per heavy atom. The molecule has 2 rings (SSSR count). The first-order valence-electron chi connectivity index (χ1n) is 6.39. The van der Waals surface area contributed by atoms with Gasteiger partial charge in [-0.25, -0.2) is 4.79 Å². The lowest BCUT2D eigenvalue weighted by Gasteiger charge is -2.06. The summed E-state index contributed by atoms with van der Waals surface area (Å²) in [6.45, 7) is 1.24. The topological polar surface area (TPSA) is 89.0 Å². The van der Waals surface area contributed by atoms with E-state index in [0.29, 0.717) is 5.69 Å². The van der Waals surface area contributed by atoms with E-state index in [1.54, 1.807) is 6.92 Å². The number of rotatable bonds is 4. The largest absolute Gasteiger partial charge is 0.464 e. The Labute approximate surface area is 128 Å². The van der Waals surface area contributed by atoms with E-state index >= 15 is 0 Å². The van der Waals surface area contributed by atoms with Crippen molar-refractivity contribution in [3.63, 3.8) is 0 Å². The number of aromatic nitrogens is 3. The van der Waals surface area contributed by atoms with Crippen LogP contribution in [0.3, 0.4) is 0 Å². The van der Waals surface area contributed by atoms with Crippen LogP contribution in [0.15, 0.2) is 18.3 Å². The van der Waals surface area contributed by atoms with E-state index in [9.17, 15) is 22.8 Å². The Balaban J connectivity index is 2.08. The first kappa shape index (κ1) is 16.6. The molecular weight excluding hydrogens is 317 g/mol. The quantitative estimate of drug-likeness (QED) is 0.839. The number of H-pyrrole nitrogens is 1. The van der Waals surface area contributed by atoms with Gasteiger partial charge in [0.2, 0.25) is 5.91 Å². The first-order chi connectivity index (χ1) is 10.7. The number of aromatic amines is 1. The lowest BCUT2D eigenvalue weighted by molar-refractivity contribution is -0.141. The van der Waals surface area contributed by atoms with E-state index in [1.807, 2.05) is 0 Å². The number of esters is 1. The van der Waals surface area contributed by atoms with Crippen LogP contribution >= 0.6 is 0 Å². The number of aryl methyl sites for hydroxylation is 1. The molecule has 2 N–H and O–H groups in total. The van der Waals surface area contributed by atoms with Gasteiger partial charge in [-0.2, -0.15) is 18.3 Å². The van der Waals surface area contributed by atoms with Gasteiger partial charge in [-0.3, -0.25) is 9.48 Å². The fourth-order valence-electron chi connectivity index (χ4n) is 1.89. The zero-order valence-corrected chi connectivity index (χ0v) is 12.2. The van der Waals surface area contributed by atoms with Gasteiger partial charge in [-0.15, -0.1) is 0 Å². The molecule has 2 heterocycles. The second kappa shape index (κ2) is 6.15. The van der Waals surface area contributed by atoms with Crippen molar-refractivity contribution in [2.75, 3.05) is 12.4 Å². The SMILES string of the molecule is COC(=O)c1[nH]c(C)cc1NC(=O)Cn1ccc(C(F)(F)F)n1. The molecule has 0 aliphatic rings. The highest BCUT2D eigenvalue weighted by Gasteiger charge is 2.33. The molecular formula is C13H13F3N4O3. The third-order valence-electron chi connectivity index (χ3n) is 2.85. The van der Waals surface area contributed by atoms with Crippen molar-refractivity contribution in [1.29, 1.82) is 0 Å². The fraction of sp³-hybridized carbons (Fsp3) is 0.308. The minimum Gasteiger partial charge on any atom is -0.464 e.